The van der Waals surface area contributed by atoms with Crippen LogP contribution < -0.4 is 4.74 Å². The minimum absolute atomic E-state index is 0.299. The number of aromatic nitrogens is 2. The molecular formula is C10H11N3O. The second-order valence-corrected chi connectivity index (χ2v) is 3.29. The van der Waals surface area contributed by atoms with Gasteiger partial charge in [-0.1, -0.05) is 0 Å². The van der Waals surface area contributed by atoms with Crippen LogP contribution in [0.3, 0.4) is 0 Å². The Balaban J connectivity index is 2.50. The molecule has 0 radical (unpaired) electrons. The fraction of sp³-hybridized carbons (Fsp3) is 0.500. The Morgan fingerprint density at radius 3 is 2.43 bits per heavy atom. The van der Waals surface area contributed by atoms with E-state index in [1.807, 2.05) is 6.07 Å². The van der Waals surface area contributed by atoms with Gasteiger partial charge >= 0.3 is 0 Å². The molecule has 1 aliphatic rings. The van der Waals surface area contributed by atoms with Crippen molar-refractivity contribution >= 4 is 0 Å². The molecule has 0 bridgehead atoms. The predicted molar refractivity (Wildman–Crippen MR) is 49.9 cm³/mol. The summed E-state index contributed by atoms with van der Waals surface area (Å²) in [6, 6.07) is 2.00. The van der Waals surface area contributed by atoms with Gasteiger partial charge in [0, 0.05) is 0 Å². The fourth-order valence-electron chi connectivity index (χ4n) is 1.69. The van der Waals surface area contributed by atoms with Crippen LogP contribution in [0.5, 0.6) is 5.88 Å². The number of ether oxygens (including phenoxy) is 1. The third-order valence-electron chi connectivity index (χ3n) is 2.40. The molecule has 4 nitrogen and oxygen atoms in total. The van der Waals surface area contributed by atoms with E-state index in [0.717, 1.165) is 37.1 Å². The first-order valence-corrected chi connectivity index (χ1v) is 4.69. The molecule has 0 saturated heterocycles. The van der Waals surface area contributed by atoms with Crippen molar-refractivity contribution in [3.8, 4) is 11.9 Å². The van der Waals surface area contributed by atoms with Gasteiger partial charge in [0.05, 0.1) is 18.5 Å². The van der Waals surface area contributed by atoms with Gasteiger partial charge in [0.2, 0.25) is 5.69 Å². The molecule has 1 aromatic heterocycles. The highest BCUT2D eigenvalue weighted by Crippen LogP contribution is 2.22. The lowest BCUT2D eigenvalue weighted by molar-refractivity contribution is 0.390. The van der Waals surface area contributed by atoms with Crippen molar-refractivity contribution in [1.29, 1.82) is 5.26 Å². The summed E-state index contributed by atoms with van der Waals surface area (Å²) in [5.41, 5.74) is 2.26. The molecule has 0 aromatic carbocycles. The third-order valence-corrected chi connectivity index (χ3v) is 2.40. The van der Waals surface area contributed by atoms with Crippen LogP contribution >= 0.6 is 0 Å². The predicted octanol–water partition coefficient (Wildman–Crippen LogP) is 1.24. The number of fused-ring (bicyclic) bond motifs is 1. The average molecular weight is 189 g/mol. The second kappa shape index (κ2) is 3.62. The van der Waals surface area contributed by atoms with Crippen molar-refractivity contribution < 1.29 is 4.74 Å². The van der Waals surface area contributed by atoms with Gasteiger partial charge in [0.25, 0.3) is 5.88 Å². The molecule has 0 amide bonds. The average Bonchev–Trinajstić information content (AvgIpc) is 2.27. The molecule has 4 heteroatoms. The summed E-state index contributed by atoms with van der Waals surface area (Å²) in [6.45, 7) is 0. The number of nitriles is 1. The van der Waals surface area contributed by atoms with Crippen molar-refractivity contribution in [2.24, 2.45) is 0 Å². The number of hydrogen-bond acceptors (Lipinski definition) is 4. The molecule has 0 fully saturated rings. The molecule has 14 heavy (non-hydrogen) atoms. The first-order chi connectivity index (χ1) is 6.85. The lowest BCUT2D eigenvalue weighted by Gasteiger charge is -2.14. The van der Waals surface area contributed by atoms with Gasteiger partial charge in [-0.2, -0.15) is 5.26 Å². The van der Waals surface area contributed by atoms with E-state index in [-0.39, 0.29) is 0 Å². The van der Waals surface area contributed by atoms with Gasteiger partial charge in [-0.3, -0.25) is 0 Å². The molecule has 1 aliphatic carbocycles. The van der Waals surface area contributed by atoms with Gasteiger partial charge in [-0.15, -0.1) is 0 Å². The maximum Gasteiger partial charge on any atom is 0.251 e. The largest absolute Gasteiger partial charge is 0.479 e. The van der Waals surface area contributed by atoms with Crippen molar-refractivity contribution in [3.05, 3.63) is 17.1 Å². The summed E-state index contributed by atoms with van der Waals surface area (Å²) in [4.78, 5) is 8.55. The Morgan fingerprint density at radius 2 is 1.86 bits per heavy atom. The van der Waals surface area contributed by atoms with E-state index in [9.17, 15) is 0 Å². The first kappa shape index (κ1) is 8.95. The summed E-state index contributed by atoms with van der Waals surface area (Å²) in [5.74, 6) is 0.355. The Hall–Kier alpha value is -1.63. The lowest BCUT2D eigenvalue weighted by atomic mass is 10.0. The zero-order chi connectivity index (χ0) is 9.97. The van der Waals surface area contributed by atoms with Crippen LogP contribution in [-0.4, -0.2) is 17.1 Å². The molecule has 0 unspecified atom stereocenters. The number of methoxy groups -OCH3 is 1. The smallest absolute Gasteiger partial charge is 0.251 e. The molecule has 0 N–H and O–H groups in total. The van der Waals surface area contributed by atoms with E-state index < -0.39 is 0 Å². The summed E-state index contributed by atoms with van der Waals surface area (Å²) in [5, 5.41) is 8.82. The molecular weight excluding hydrogens is 178 g/mol. The van der Waals surface area contributed by atoms with E-state index in [1.165, 1.54) is 7.11 Å². The molecule has 0 atom stereocenters. The van der Waals surface area contributed by atoms with Crippen molar-refractivity contribution in [2.45, 2.75) is 25.7 Å². The quantitative estimate of drug-likeness (QED) is 0.666. The molecule has 0 aliphatic heterocycles. The van der Waals surface area contributed by atoms with Crippen LogP contribution in [0, 0.1) is 11.3 Å². The van der Waals surface area contributed by atoms with Crippen LogP contribution in [0.15, 0.2) is 0 Å². The fourth-order valence-corrected chi connectivity index (χ4v) is 1.69. The van der Waals surface area contributed by atoms with Crippen LogP contribution in [-0.2, 0) is 12.8 Å². The SMILES string of the molecule is COc1nc2c(nc1C#N)CCCC2. The Morgan fingerprint density at radius 1 is 1.21 bits per heavy atom. The van der Waals surface area contributed by atoms with Crippen LogP contribution in [0.1, 0.15) is 29.9 Å². The molecule has 72 valence electrons. The van der Waals surface area contributed by atoms with E-state index >= 15 is 0 Å². The molecule has 2 rings (SSSR count). The number of nitrogens with zero attached hydrogens (tertiary/aromatic N) is 3. The Labute approximate surface area is 82.6 Å². The summed E-state index contributed by atoms with van der Waals surface area (Å²) >= 11 is 0. The van der Waals surface area contributed by atoms with Gasteiger partial charge in [0.15, 0.2) is 0 Å². The van der Waals surface area contributed by atoms with Crippen LogP contribution in [0.4, 0.5) is 0 Å². The van der Waals surface area contributed by atoms with Crippen molar-refractivity contribution in [1.82, 2.24) is 9.97 Å². The monoisotopic (exact) mass is 189 g/mol. The maximum absolute atomic E-state index is 8.82. The Bertz CT molecular complexity index is 395. The van der Waals surface area contributed by atoms with E-state index in [1.54, 1.807) is 0 Å². The zero-order valence-electron chi connectivity index (χ0n) is 8.08. The Kier molecular flexibility index (Phi) is 2.32. The van der Waals surface area contributed by atoms with Crippen molar-refractivity contribution in [2.75, 3.05) is 7.11 Å². The summed E-state index contributed by atoms with van der Waals surface area (Å²) in [7, 11) is 1.51. The van der Waals surface area contributed by atoms with E-state index in [4.69, 9.17) is 10.00 Å². The second-order valence-electron chi connectivity index (χ2n) is 3.29. The topological polar surface area (TPSA) is 58.8 Å². The zero-order valence-corrected chi connectivity index (χ0v) is 8.08. The number of hydrogen-bond donors (Lipinski definition) is 0. The standard InChI is InChI=1S/C10H11N3O/c1-14-10-9(6-11)12-7-4-2-3-5-8(7)13-10/h2-5H2,1H3. The first-order valence-electron chi connectivity index (χ1n) is 4.69. The summed E-state index contributed by atoms with van der Waals surface area (Å²) in [6.07, 6.45) is 4.17. The van der Waals surface area contributed by atoms with Gasteiger partial charge in [-0.05, 0) is 25.7 Å². The summed E-state index contributed by atoms with van der Waals surface area (Å²) < 4.78 is 5.01. The minimum atomic E-state index is 0.299. The maximum atomic E-state index is 8.82. The third kappa shape index (κ3) is 1.41. The normalized spacial score (nSPS) is 14.3. The molecule has 1 aromatic rings. The molecule has 0 spiro atoms. The van der Waals surface area contributed by atoms with Crippen LogP contribution in [0.2, 0.25) is 0 Å². The molecule has 0 saturated carbocycles. The van der Waals surface area contributed by atoms with Crippen LogP contribution in [0.25, 0.3) is 0 Å². The number of aryl methyl sites for hydroxylation is 2. The van der Waals surface area contributed by atoms with Gasteiger partial charge in [-0.25, -0.2) is 9.97 Å². The lowest BCUT2D eigenvalue weighted by Crippen LogP contribution is -2.10. The van der Waals surface area contributed by atoms with Gasteiger partial charge in [0.1, 0.15) is 6.07 Å². The number of rotatable bonds is 1. The minimum Gasteiger partial charge on any atom is -0.479 e. The van der Waals surface area contributed by atoms with E-state index in [0.29, 0.717) is 11.6 Å². The highest BCUT2D eigenvalue weighted by molar-refractivity contribution is 5.34. The highest BCUT2D eigenvalue weighted by Gasteiger charge is 2.16. The van der Waals surface area contributed by atoms with Crippen molar-refractivity contribution in [3.63, 3.8) is 0 Å². The highest BCUT2D eigenvalue weighted by atomic mass is 16.5. The van der Waals surface area contributed by atoms with Gasteiger partial charge < -0.3 is 4.74 Å². The molecule has 1 heterocycles. The van der Waals surface area contributed by atoms with E-state index in [2.05, 4.69) is 9.97 Å².